The number of carbonyl (C=O) groups is 1. The number of hydrogen-bond donors (Lipinski definition) is 2. The number of rotatable bonds is 3. The zero-order chi connectivity index (χ0) is 13.1. The lowest BCUT2D eigenvalue weighted by molar-refractivity contribution is 0.0941. The average Bonchev–Trinajstić information content (AvgIpc) is 2.39. The van der Waals surface area contributed by atoms with Crippen molar-refractivity contribution >= 4 is 44.2 Å². The maximum atomic E-state index is 11.9. The standard InChI is InChI=1S/C12H10BrClN2O2/c13-8-1-2-9(14)10-7(8)3-4-15-11(10)12(18)16-5-6-17/h1-4,17H,5-6H2,(H,16,18). The molecule has 0 aliphatic heterocycles. The zero-order valence-electron chi connectivity index (χ0n) is 9.28. The number of hydrogen-bond acceptors (Lipinski definition) is 3. The van der Waals surface area contributed by atoms with Gasteiger partial charge >= 0.3 is 0 Å². The van der Waals surface area contributed by atoms with Gasteiger partial charge in [0.15, 0.2) is 0 Å². The van der Waals surface area contributed by atoms with Gasteiger partial charge in [-0.15, -0.1) is 0 Å². The number of fused-ring (bicyclic) bond motifs is 1. The molecule has 1 aromatic heterocycles. The normalized spacial score (nSPS) is 10.6. The van der Waals surface area contributed by atoms with Crippen LogP contribution in [0.25, 0.3) is 10.8 Å². The molecule has 94 valence electrons. The quantitative estimate of drug-likeness (QED) is 0.909. The number of pyridine rings is 1. The van der Waals surface area contributed by atoms with Crippen molar-refractivity contribution in [2.24, 2.45) is 0 Å². The fraction of sp³-hybridized carbons (Fsp3) is 0.167. The lowest BCUT2D eigenvalue weighted by Gasteiger charge is -2.08. The third kappa shape index (κ3) is 2.48. The lowest BCUT2D eigenvalue weighted by Crippen LogP contribution is -2.27. The van der Waals surface area contributed by atoms with Crippen molar-refractivity contribution in [2.75, 3.05) is 13.2 Å². The molecule has 0 radical (unpaired) electrons. The molecule has 1 heterocycles. The number of benzene rings is 1. The second-order valence-electron chi connectivity index (χ2n) is 3.59. The number of amides is 1. The highest BCUT2D eigenvalue weighted by atomic mass is 79.9. The van der Waals surface area contributed by atoms with Gasteiger partial charge in [0.1, 0.15) is 5.69 Å². The van der Waals surface area contributed by atoms with E-state index in [0.29, 0.717) is 10.4 Å². The number of nitrogens with zero attached hydrogens (tertiary/aromatic N) is 1. The van der Waals surface area contributed by atoms with Crippen LogP contribution < -0.4 is 5.32 Å². The van der Waals surface area contributed by atoms with Crippen molar-refractivity contribution in [1.82, 2.24) is 10.3 Å². The van der Waals surface area contributed by atoms with Crippen LogP contribution in [0.3, 0.4) is 0 Å². The van der Waals surface area contributed by atoms with Crippen LogP contribution in [0, 0.1) is 0 Å². The first-order chi connectivity index (χ1) is 8.65. The summed E-state index contributed by atoms with van der Waals surface area (Å²) in [5, 5.41) is 13.2. The highest BCUT2D eigenvalue weighted by Crippen LogP contribution is 2.31. The fourth-order valence-corrected chi connectivity index (χ4v) is 2.36. The van der Waals surface area contributed by atoms with Crippen molar-refractivity contribution in [3.05, 3.63) is 39.6 Å². The van der Waals surface area contributed by atoms with Crippen molar-refractivity contribution < 1.29 is 9.90 Å². The smallest absolute Gasteiger partial charge is 0.270 e. The second-order valence-corrected chi connectivity index (χ2v) is 4.85. The summed E-state index contributed by atoms with van der Waals surface area (Å²) in [6.45, 7) is 0.0659. The van der Waals surface area contributed by atoms with Crippen LogP contribution in [-0.2, 0) is 0 Å². The predicted octanol–water partition coefficient (Wildman–Crippen LogP) is 2.37. The molecule has 0 aliphatic carbocycles. The van der Waals surface area contributed by atoms with Gasteiger partial charge in [-0.3, -0.25) is 9.78 Å². The Hall–Kier alpha value is -1.17. The number of aliphatic hydroxyl groups excluding tert-OH is 1. The van der Waals surface area contributed by atoms with Gasteiger partial charge in [0.2, 0.25) is 0 Å². The molecule has 18 heavy (non-hydrogen) atoms. The Balaban J connectivity index is 2.58. The Morgan fingerprint density at radius 3 is 2.94 bits per heavy atom. The highest BCUT2D eigenvalue weighted by molar-refractivity contribution is 9.10. The molecule has 4 nitrogen and oxygen atoms in total. The van der Waals surface area contributed by atoms with Crippen molar-refractivity contribution in [2.45, 2.75) is 0 Å². The highest BCUT2D eigenvalue weighted by Gasteiger charge is 2.15. The van der Waals surface area contributed by atoms with E-state index in [-0.39, 0.29) is 24.8 Å². The van der Waals surface area contributed by atoms with E-state index in [2.05, 4.69) is 26.2 Å². The third-order valence-corrected chi connectivity index (χ3v) is 3.44. The average molecular weight is 330 g/mol. The molecule has 0 unspecified atom stereocenters. The van der Waals surface area contributed by atoms with E-state index < -0.39 is 0 Å². The second kappa shape index (κ2) is 5.65. The maximum Gasteiger partial charge on any atom is 0.270 e. The van der Waals surface area contributed by atoms with E-state index >= 15 is 0 Å². The fourth-order valence-electron chi connectivity index (χ4n) is 1.65. The number of aliphatic hydroxyl groups is 1. The van der Waals surface area contributed by atoms with Gasteiger partial charge in [-0.1, -0.05) is 27.5 Å². The van der Waals surface area contributed by atoms with E-state index in [4.69, 9.17) is 16.7 Å². The third-order valence-electron chi connectivity index (χ3n) is 2.44. The summed E-state index contributed by atoms with van der Waals surface area (Å²) in [4.78, 5) is 16.0. The number of aromatic nitrogens is 1. The van der Waals surface area contributed by atoms with Crippen LogP contribution in [0.2, 0.25) is 5.02 Å². The summed E-state index contributed by atoms with van der Waals surface area (Å²) in [5.41, 5.74) is 0.257. The van der Waals surface area contributed by atoms with E-state index in [1.165, 1.54) is 0 Å². The summed E-state index contributed by atoms with van der Waals surface area (Å²) in [6, 6.07) is 5.31. The Labute approximate surface area is 117 Å². The molecular weight excluding hydrogens is 320 g/mol. The molecule has 1 aromatic carbocycles. The van der Waals surface area contributed by atoms with Gasteiger partial charge in [0.05, 0.1) is 11.6 Å². The van der Waals surface area contributed by atoms with Crippen LogP contribution in [0.1, 0.15) is 10.5 Å². The van der Waals surface area contributed by atoms with Crippen molar-refractivity contribution in [3.8, 4) is 0 Å². The molecule has 0 bridgehead atoms. The molecule has 0 aliphatic rings. The van der Waals surface area contributed by atoms with Crippen molar-refractivity contribution in [3.63, 3.8) is 0 Å². The van der Waals surface area contributed by atoms with Gasteiger partial charge in [-0.2, -0.15) is 0 Å². The molecule has 0 saturated heterocycles. The Bertz CT molecular complexity index is 604. The largest absolute Gasteiger partial charge is 0.395 e. The molecule has 0 saturated carbocycles. The zero-order valence-corrected chi connectivity index (χ0v) is 11.6. The van der Waals surface area contributed by atoms with Crippen molar-refractivity contribution in [1.29, 1.82) is 0 Å². The minimum Gasteiger partial charge on any atom is -0.395 e. The minimum absolute atomic E-state index is 0.117. The molecular formula is C12H10BrClN2O2. The molecule has 0 fully saturated rings. The van der Waals surface area contributed by atoms with Crippen LogP contribution in [0.15, 0.2) is 28.9 Å². The van der Waals surface area contributed by atoms with Gasteiger partial charge in [0, 0.05) is 28.0 Å². The van der Waals surface area contributed by atoms with Gasteiger partial charge in [-0.25, -0.2) is 0 Å². The molecule has 2 aromatic rings. The lowest BCUT2D eigenvalue weighted by atomic mass is 10.1. The number of carbonyl (C=O) groups excluding carboxylic acids is 1. The summed E-state index contributed by atoms with van der Waals surface area (Å²) in [6.07, 6.45) is 1.55. The molecule has 2 N–H and O–H groups in total. The van der Waals surface area contributed by atoms with Crippen LogP contribution in [-0.4, -0.2) is 29.1 Å². The summed E-state index contributed by atoms with van der Waals surface area (Å²) < 4.78 is 0.848. The van der Waals surface area contributed by atoms with Crippen LogP contribution in [0.5, 0.6) is 0 Å². The molecule has 0 atom stereocenters. The Kier molecular flexibility index (Phi) is 4.16. The molecule has 6 heteroatoms. The Morgan fingerprint density at radius 2 is 2.22 bits per heavy atom. The van der Waals surface area contributed by atoms with Gasteiger partial charge in [0.25, 0.3) is 5.91 Å². The Morgan fingerprint density at radius 1 is 1.44 bits per heavy atom. The summed E-state index contributed by atoms with van der Waals surface area (Å²) >= 11 is 9.53. The SMILES string of the molecule is O=C(NCCO)c1nccc2c(Br)ccc(Cl)c12. The van der Waals surface area contributed by atoms with Crippen LogP contribution >= 0.6 is 27.5 Å². The summed E-state index contributed by atoms with van der Waals surface area (Å²) in [5.74, 6) is -0.352. The number of halogens is 2. The molecule has 2 rings (SSSR count). The van der Waals surface area contributed by atoms with E-state index in [9.17, 15) is 4.79 Å². The predicted molar refractivity (Wildman–Crippen MR) is 73.9 cm³/mol. The molecule has 1 amide bonds. The van der Waals surface area contributed by atoms with Gasteiger partial charge in [-0.05, 0) is 18.2 Å². The van der Waals surface area contributed by atoms with E-state index in [0.717, 1.165) is 9.86 Å². The van der Waals surface area contributed by atoms with E-state index in [1.807, 2.05) is 6.07 Å². The number of nitrogens with one attached hydrogen (secondary N) is 1. The molecule has 0 spiro atoms. The topological polar surface area (TPSA) is 62.2 Å². The van der Waals surface area contributed by atoms with Crippen LogP contribution in [0.4, 0.5) is 0 Å². The first-order valence-electron chi connectivity index (χ1n) is 5.27. The first-order valence-corrected chi connectivity index (χ1v) is 6.44. The summed E-state index contributed by atoms with van der Waals surface area (Å²) in [7, 11) is 0. The first kappa shape index (κ1) is 13.3. The monoisotopic (exact) mass is 328 g/mol. The van der Waals surface area contributed by atoms with Gasteiger partial charge < -0.3 is 10.4 Å². The minimum atomic E-state index is -0.352. The van der Waals surface area contributed by atoms with E-state index in [1.54, 1.807) is 18.3 Å². The maximum absolute atomic E-state index is 11.9.